The lowest BCUT2D eigenvalue weighted by molar-refractivity contribution is -0.144. The van der Waals surface area contributed by atoms with Gasteiger partial charge in [-0.3, -0.25) is 4.79 Å². The third-order valence-corrected chi connectivity index (χ3v) is 2.53. The molecule has 0 heterocycles. The third kappa shape index (κ3) is 5.64. The number of carbonyl (C=O) groups excluding carboxylic acids is 2. The Bertz CT molecular complexity index is 223. The maximum atomic E-state index is 11.4. The maximum absolute atomic E-state index is 11.4. The zero-order chi connectivity index (χ0) is 11.8. The molecule has 0 aromatic rings. The van der Waals surface area contributed by atoms with Gasteiger partial charge in [0, 0.05) is 0 Å². The molecule has 0 saturated carbocycles. The molecule has 15 heavy (non-hydrogen) atoms. The number of methoxy groups -OCH3 is 1. The molecule has 0 rings (SSSR count). The van der Waals surface area contributed by atoms with Crippen molar-refractivity contribution in [2.45, 2.75) is 25.4 Å². The van der Waals surface area contributed by atoms with Crippen molar-refractivity contribution in [1.29, 1.82) is 0 Å². The van der Waals surface area contributed by atoms with Crippen molar-refractivity contribution < 1.29 is 14.3 Å². The van der Waals surface area contributed by atoms with Crippen LogP contribution in [0, 0.1) is 0 Å². The first kappa shape index (κ1) is 14.2. The molecule has 0 unspecified atom stereocenters. The molecule has 1 amide bonds. The van der Waals surface area contributed by atoms with Crippen molar-refractivity contribution in [1.82, 2.24) is 5.32 Å². The van der Waals surface area contributed by atoms with Gasteiger partial charge < -0.3 is 15.8 Å². The number of hydrogen-bond acceptors (Lipinski definition) is 5. The van der Waals surface area contributed by atoms with Gasteiger partial charge in [-0.15, -0.1) is 0 Å². The fraction of sp³-hybridized carbons (Fsp3) is 0.778. The number of carbonyl (C=O) groups is 2. The summed E-state index contributed by atoms with van der Waals surface area (Å²) in [5.41, 5.74) is 5.62. The van der Waals surface area contributed by atoms with Crippen LogP contribution in [0.5, 0.6) is 0 Å². The van der Waals surface area contributed by atoms with Gasteiger partial charge in [0.25, 0.3) is 0 Å². The number of thioether (sulfide) groups is 1. The first-order valence-electron chi connectivity index (χ1n) is 4.65. The number of esters is 1. The lowest BCUT2D eigenvalue weighted by Gasteiger charge is -2.15. The largest absolute Gasteiger partial charge is 0.467 e. The van der Waals surface area contributed by atoms with Crippen LogP contribution in [0.2, 0.25) is 0 Å². The zero-order valence-corrected chi connectivity index (χ0v) is 10.1. The Labute approximate surface area is 94.1 Å². The van der Waals surface area contributed by atoms with Gasteiger partial charge in [0.15, 0.2) is 0 Å². The minimum absolute atomic E-state index is 0.318. The summed E-state index contributed by atoms with van der Waals surface area (Å²) in [5.74, 6) is 0.0312. The SMILES string of the molecule is COC(=O)[C@H](C)NC(=O)[C@H](N)CCSC. The molecule has 2 atom stereocenters. The predicted molar refractivity (Wildman–Crippen MR) is 60.6 cm³/mol. The van der Waals surface area contributed by atoms with Crippen LogP contribution in [0.1, 0.15) is 13.3 Å². The molecule has 0 radical (unpaired) electrons. The van der Waals surface area contributed by atoms with Crippen LogP contribution in [-0.4, -0.2) is 43.1 Å². The van der Waals surface area contributed by atoms with Crippen molar-refractivity contribution in [2.75, 3.05) is 19.1 Å². The summed E-state index contributed by atoms with van der Waals surface area (Å²) in [6.45, 7) is 1.56. The molecular weight excluding hydrogens is 216 g/mol. The minimum atomic E-state index is -0.650. The molecule has 0 aliphatic carbocycles. The number of hydrogen-bond donors (Lipinski definition) is 2. The number of ether oxygens (including phenoxy) is 1. The molecule has 0 aromatic heterocycles. The van der Waals surface area contributed by atoms with Gasteiger partial charge in [-0.05, 0) is 25.4 Å². The molecule has 6 heteroatoms. The van der Waals surface area contributed by atoms with E-state index in [-0.39, 0.29) is 5.91 Å². The topological polar surface area (TPSA) is 81.4 Å². The van der Waals surface area contributed by atoms with Gasteiger partial charge in [0.05, 0.1) is 13.2 Å². The number of rotatable bonds is 6. The molecule has 0 aliphatic rings. The fourth-order valence-electron chi connectivity index (χ4n) is 0.932. The quantitative estimate of drug-likeness (QED) is 0.619. The van der Waals surface area contributed by atoms with Crippen molar-refractivity contribution in [3.8, 4) is 0 Å². The van der Waals surface area contributed by atoms with Crippen molar-refractivity contribution in [2.24, 2.45) is 5.73 Å². The van der Waals surface area contributed by atoms with E-state index in [9.17, 15) is 9.59 Å². The van der Waals surface area contributed by atoms with Crippen LogP contribution in [0.15, 0.2) is 0 Å². The Morgan fingerprint density at radius 2 is 2.13 bits per heavy atom. The van der Waals surface area contributed by atoms with E-state index in [4.69, 9.17) is 5.73 Å². The molecule has 0 aliphatic heterocycles. The molecule has 0 fully saturated rings. The summed E-state index contributed by atoms with van der Waals surface area (Å²) >= 11 is 1.63. The monoisotopic (exact) mass is 234 g/mol. The molecule has 0 bridgehead atoms. The van der Waals surface area contributed by atoms with Gasteiger partial charge in [-0.2, -0.15) is 11.8 Å². The Balaban J connectivity index is 3.95. The lowest BCUT2D eigenvalue weighted by atomic mass is 10.2. The highest BCUT2D eigenvalue weighted by atomic mass is 32.2. The van der Waals surface area contributed by atoms with E-state index in [1.807, 2.05) is 6.26 Å². The highest BCUT2D eigenvalue weighted by Gasteiger charge is 2.19. The summed E-state index contributed by atoms with van der Waals surface area (Å²) in [4.78, 5) is 22.4. The second-order valence-corrected chi connectivity index (χ2v) is 4.13. The van der Waals surface area contributed by atoms with Crippen LogP contribution in [0.25, 0.3) is 0 Å². The Morgan fingerprint density at radius 1 is 1.53 bits per heavy atom. The van der Waals surface area contributed by atoms with Crippen molar-refractivity contribution in [3.63, 3.8) is 0 Å². The van der Waals surface area contributed by atoms with Gasteiger partial charge in [0.1, 0.15) is 6.04 Å². The second-order valence-electron chi connectivity index (χ2n) is 3.14. The summed E-state index contributed by atoms with van der Waals surface area (Å²) in [6, 6.07) is -1.22. The standard InChI is InChI=1S/C9H18N2O3S/c1-6(9(13)14-2)11-8(12)7(10)4-5-15-3/h6-7H,4-5,10H2,1-3H3,(H,11,12)/t6-,7+/m0/s1. The van der Waals surface area contributed by atoms with E-state index in [1.165, 1.54) is 7.11 Å². The number of nitrogens with two attached hydrogens (primary N) is 1. The summed E-state index contributed by atoms with van der Waals surface area (Å²) in [7, 11) is 1.28. The first-order chi connectivity index (χ1) is 7.02. The van der Waals surface area contributed by atoms with E-state index < -0.39 is 18.1 Å². The highest BCUT2D eigenvalue weighted by Crippen LogP contribution is 1.99. The van der Waals surface area contributed by atoms with E-state index >= 15 is 0 Å². The molecule has 0 saturated heterocycles. The van der Waals surface area contributed by atoms with E-state index in [0.717, 1.165) is 5.75 Å². The molecule has 0 spiro atoms. The Kier molecular flexibility index (Phi) is 7.15. The van der Waals surface area contributed by atoms with Gasteiger partial charge in [-0.1, -0.05) is 0 Å². The van der Waals surface area contributed by atoms with E-state index in [2.05, 4.69) is 10.1 Å². The molecular formula is C9H18N2O3S. The third-order valence-electron chi connectivity index (χ3n) is 1.88. The average Bonchev–Trinajstić information content (AvgIpc) is 2.24. The molecule has 5 nitrogen and oxygen atoms in total. The number of amides is 1. The van der Waals surface area contributed by atoms with Gasteiger partial charge in [-0.25, -0.2) is 4.79 Å². The van der Waals surface area contributed by atoms with Crippen LogP contribution in [0.3, 0.4) is 0 Å². The normalized spacial score (nSPS) is 14.1. The Hall–Kier alpha value is -0.750. The van der Waals surface area contributed by atoms with E-state index in [1.54, 1.807) is 18.7 Å². The van der Waals surface area contributed by atoms with Crippen molar-refractivity contribution >= 4 is 23.6 Å². The smallest absolute Gasteiger partial charge is 0.328 e. The number of nitrogens with one attached hydrogen (secondary N) is 1. The lowest BCUT2D eigenvalue weighted by Crippen LogP contribution is -2.47. The van der Waals surface area contributed by atoms with Crippen molar-refractivity contribution in [3.05, 3.63) is 0 Å². The van der Waals surface area contributed by atoms with Crippen LogP contribution >= 0.6 is 11.8 Å². The van der Waals surface area contributed by atoms with Gasteiger partial charge in [0.2, 0.25) is 5.91 Å². The van der Waals surface area contributed by atoms with Crippen LogP contribution < -0.4 is 11.1 Å². The van der Waals surface area contributed by atoms with Gasteiger partial charge >= 0.3 is 5.97 Å². The second kappa shape index (κ2) is 7.53. The maximum Gasteiger partial charge on any atom is 0.328 e. The Morgan fingerprint density at radius 3 is 2.60 bits per heavy atom. The summed E-state index contributed by atoms with van der Waals surface area (Å²) in [5, 5.41) is 2.49. The van der Waals surface area contributed by atoms with Crippen LogP contribution in [-0.2, 0) is 14.3 Å². The first-order valence-corrected chi connectivity index (χ1v) is 6.05. The van der Waals surface area contributed by atoms with E-state index in [0.29, 0.717) is 6.42 Å². The molecule has 3 N–H and O–H groups in total. The average molecular weight is 234 g/mol. The predicted octanol–water partition coefficient (Wildman–Crippen LogP) is -0.255. The summed E-state index contributed by atoms with van der Waals surface area (Å²) < 4.78 is 4.48. The fourth-order valence-corrected chi connectivity index (χ4v) is 1.42. The molecule has 0 aromatic carbocycles. The minimum Gasteiger partial charge on any atom is -0.467 e. The highest BCUT2D eigenvalue weighted by molar-refractivity contribution is 7.98. The van der Waals surface area contributed by atoms with Crippen LogP contribution in [0.4, 0.5) is 0 Å². The molecule has 88 valence electrons. The zero-order valence-electron chi connectivity index (χ0n) is 9.28. The summed E-state index contributed by atoms with van der Waals surface area (Å²) in [6.07, 6.45) is 2.54.